The van der Waals surface area contributed by atoms with Crippen molar-refractivity contribution in [2.24, 2.45) is 5.92 Å². The van der Waals surface area contributed by atoms with Crippen LogP contribution in [0.25, 0.3) is 0 Å². The van der Waals surface area contributed by atoms with Crippen molar-refractivity contribution in [3.8, 4) is 11.5 Å². The molecule has 0 aliphatic carbocycles. The maximum atomic E-state index is 13.7. The molecule has 0 aliphatic heterocycles. The number of methoxy groups -OCH3 is 2. The summed E-state index contributed by atoms with van der Waals surface area (Å²) >= 11 is 0. The van der Waals surface area contributed by atoms with Crippen LogP contribution in [0.3, 0.4) is 0 Å². The van der Waals surface area contributed by atoms with Gasteiger partial charge in [0, 0.05) is 19.2 Å². The first-order valence-electron chi connectivity index (χ1n) is 11.9. The smallest absolute Gasteiger partial charge is 0.244 e. The lowest BCUT2D eigenvalue weighted by Crippen LogP contribution is -2.52. The van der Waals surface area contributed by atoms with Crippen molar-refractivity contribution in [1.29, 1.82) is 0 Å². The Balaban J connectivity index is 2.48. The highest BCUT2D eigenvalue weighted by Gasteiger charge is 2.32. The van der Waals surface area contributed by atoms with Crippen LogP contribution in [0, 0.1) is 11.7 Å². The van der Waals surface area contributed by atoms with Crippen molar-refractivity contribution in [3.05, 3.63) is 53.8 Å². The first-order valence-corrected chi connectivity index (χ1v) is 13.8. The number of carbonyl (C=O) groups excluding carboxylic acids is 2. The standard InChI is InChI=1S/C26H36FN3O6S/c1-7-22(26(32)28-15-18(2)3)29(16-19-8-10-20(27)11-9-19)25(31)17-30(37(6,33)34)23-13-12-21(35-4)14-24(23)36-5/h8-14,18,22H,7,15-17H2,1-6H3,(H,28,32)/t22-/m1/s1. The lowest BCUT2D eigenvalue weighted by molar-refractivity contribution is -0.140. The van der Waals surface area contributed by atoms with Gasteiger partial charge in [0.15, 0.2) is 0 Å². The fraction of sp³-hybridized carbons (Fsp3) is 0.462. The Morgan fingerprint density at radius 2 is 1.70 bits per heavy atom. The normalized spacial score (nSPS) is 12.1. The molecular weight excluding hydrogens is 501 g/mol. The van der Waals surface area contributed by atoms with Crippen LogP contribution in [0.4, 0.5) is 10.1 Å². The highest BCUT2D eigenvalue weighted by atomic mass is 32.2. The highest BCUT2D eigenvalue weighted by molar-refractivity contribution is 7.92. The number of nitrogens with zero attached hydrogens (tertiary/aromatic N) is 2. The van der Waals surface area contributed by atoms with Gasteiger partial charge in [-0.15, -0.1) is 0 Å². The molecule has 1 N–H and O–H groups in total. The van der Waals surface area contributed by atoms with E-state index in [0.717, 1.165) is 10.6 Å². The molecule has 0 saturated heterocycles. The lowest BCUT2D eigenvalue weighted by atomic mass is 10.1. The summed E-state index contributed by atoms with van der Waals surface area (Å²) in [5.74, 6) is -0.529. The monoisotopic (exact) mass is 537 g/mol. The van der Waals surface area contributed by atoms with Crippen molar-refractivity contribution in [1.82, 2.24) is 10.2 Å². The average molecular weight is 538 g/mol. The average Bonchev–Trinajstić information content (AvgIpc) is 2.85. The third-order valence-electron chi connectivity index (χ3n) is 5.67. The van der Waals surface area contributed by atoms with E-state index in [0.29, 0.717) is 24.3 Å². The Labute approximate surface area is 218 Å². The van der Waals surface area contributed by atoms with E-state index in [-0.39, 0.29) is 29.8 Å². The molecule has 2 rings (SSSR count). The topological polar surface area (TPSA) is 105 Å². The van der Waals surface area contributed by atoms with E-state index in [9.17, 15) is 22.4 Å². The number of nitrogens with one attached hydrogen (secondary N) is 1. The number of rotatable bonds is 13. The second-order valence-corrected chi connectivity index (χ2v) is 10.9. The van der Waals surface area contributed by atoms with Crippen molar-refractivity contribution in [2.45, 2.75) is 39.8 Å². The number of hydrogen-bond acceptors (Lipinski definition) is 6. The minimum absolute atomic E-state index is 0.00985. The number of benzene rings is 2. The summed E-state index contributed by atoms with van der Waals surface area (Å²) in [6, 6.07) is 9.28. The van der Waals surface area contributed by atoms with Crippen LogP contribution in [0.15, 0.2) is 42.5 Å². The van der Waals surface area contributed by atoms with E-state index in [1.807, 2.05) is 13.8 Å². The summed E-state index contributed by atoms with van der Waals surface area (Å²) < 4.78 is 50.6. The van der Waals surface area contributed by atoms with Crippen LogP contribution in [-0.2, 0) is 26.2 Å². The van der Waals surface area contributed by atoms with Gasteiger partial charge in [0.25, 0.3) is 0 Å². The molecule has 2 amide bonds. The summed E-state index contributed by atoms with van der Waals surface area (Å²) in [5, 5.41) is 2.85. The number of hydrogen-bond donors (Lipinski definition) is 1. The van der Waals surface area contributed by atoms with E-state index in [4.69, 9.17) is 9.47 Å². The Morgan fingerprint density at radius 3 is 2.22 bits per heavy atom. The Kier molecular flexibility index (Phi) is 10.7. The Morgan fingerprint density at radius 1 is 1.05 bits per heavy atom. The van der Waals surface area contributed by atoms with E-state index < -0.39 is 34.3 Å². The minimum Gasteiger partial charge on any atom is -0.497 e. The van der Waals surface area contributed by atoms with Crippen molar-refractivity contribution >= 4 is 27.5 Å². The fourth-order valence-electron chi connectivity index (χ4n) is 3.71. The molecule has 0 heterocycles. The molecule has 2 aromatic rings. The van der Waals surface area contributed by atoms with Crippen molar-refractivity contribution < 1.29 is 31.9 Å². The van der Waals surface area contributed by atoms with Gasteiger partial charge in [-0.25, -0.2) is 12.8 Å². The van der Waals surface area contributed by atoms with E-state index >= 15 is 0 Å². The van der Waals surface area contributed by atoms with Gasteiger partial charge in [0.2, 0.25) is 21.8 Å². The van der Waals surface area contributed by atoms with E-state index in [1.165, 1.54) is 55.5 Å². The van der Waals surface area contributed by atoms with E-state index in [2.05, 4.69) is 5.32 Å². The minimum atomic E-state index is -3.94. The quantitative estimate of drug-likeness (QED) is 0.421. The van der Waals surface area contributed by atoms with Crippen LogP contribution in [0.5, 0.6) is 11.5 Å². The molecule has 9 nitrogen and oxygen atoms in total. The molecule has 204 valence electrons. The summed E-state index contributed by atoms with van der Waals surface area (Å²) in [4.78, 5) is 28.1. The van der Waals surface area contributed by atoms with Gasteiger partial charge in [-0.3, -0.25) is 13.9 Å². The first kappa shape index (κ1) is 29.9. The van der Waals surface area contributed by atoms with Crippen LogP contribution in [-0.4, -0.2) is 64.7 Å². The second kappa shape index (κ2) is 13.3. The van der Waals surface area contributed by atoms with Gasteiger partial charge in [0.1, 0.15) is 29.9 Å². The zero-order valence-electron chi connectivity index (χ0n) is 22.2. The Hall–Kier alpha value is -3.34. The molecule has 2 aromatic carbocycles. The number of sulfonamides is 1. The van der Waals surface area contributed by atoms with Gasteiger partial charge in [0.05, 0.1) is 26.2 Å². The number of anilines is 1. The molecule has 0 saturated carbocycles. The number of halogens is 1. The van der Waals surface area contributed by atoms with Crippen molar-refractivity contribution in [2.75, 3.05) is 37.9 Å². The predicted octanol–water partition coefficient (Wildman–Crippen LogP) is 3.19. The molecule has 0 aliphatic rings. The molecule has 11 heteroatoms. The summed E-state index contributed by atoms with van der Waals surface area (Å²) in [6.07, 6.45) is 1.28. The molecule has 0 radical (unpaired) electrons. The Bertz CT molecular complexity index is 1170. The highest BCUT2D eigenvalue weighted by Crippen LogP contribution is 2.33. The van der Waals surface area contributed by atoms with Gasteiger partial charge < -0.3 is 19.7 Å². The third kappa shape index (κ3) is 8.34. The summed E-state index contributed by atoms with van der Waals surface area (Å²) in [7, 11) is -1.09. The van der Waals surface area contributed by atoms with E-state index in [1.54, 1.807) is 13.0 Å². The molecule has 0 aromatic heterocycles. The number of ether oxygens (including phenoxy) is 2. The number of carbonyl (C=O) groups is 2. The molecule has 0 unspecified atom stereocenters. The predicted molar refractivity (Wildman–Crippen MR) is 141 cm³/mol. The third-order valence-corrected chi connectivity index (χ3v) is 6.80. The maximum Gasteiger partial charge on any atom is 0.244 e. The second-order valence-electron chi connectivity index (χ2n) is 9.02. The molecule has 0 bridgehead atoms. The maximum absolute atomic E-state index is 13.7. The summed E-state index contributed by atoms with van der Waals surface area (Å²) in [6.45, 7) is 5.52. The molecular formula is C26H36FN3O6S. The van der Waals surface area contributed by atoms with Crippen LogP contribution in [0.2, 0.25) is 0 Å². The number of amides is 2. The SMILES string of the molecule is CC[C@H](C(=O)NCC(C)C)N(Cc1ccc(F)cc1)C(=O)CN(c1ccc(OC)cc1OC)S(C)(=O)=O. The van der Waals surface area contributed by atoms with Crippen LogP contribution < -0.4 is 19.1 Å². The zero-order valence-corrected chi connectivity index (χ0v) is 23.0. The van der Waals surface area contributed by atoms with Crippen molar-refractivity contribution in [3.63, 3.8) is 0 Å². The molecule has 1 atom stereocenters. The van der Waals surface area contributed by atoms with Gasteiger partial charge in [-0.2, -0.15) is 0 Å². The first-order chi connectivity index (χ1) is 17.4. The van der Waals surface area contributed by atoms with Crippen LogP contribution >= 0.6 is 0 Å². The molecule has 0 fully saturated rings. The molecule has 0 spiro atoms. The fourth-order valence-corrected chi connectivity index (χ4v) is 4.57. The van der Waals surface area contributed by atoms with Gasteiger partial charge in [-0.05, 0) is 42.2 Å². The lowest BCUT2D eigenvalue weighted by Gasteiger charge is -2.33. The van der Waals surface area contributed by atoms with Crippen LogP contribution in [0.1, 0.15) is 32.8 Å². The van der Waals surface area contributed by atoms with Gasteiger partial charge >= 0.3 is 0 Å². The molecule has 37 heavy (non-hydrogen) atoms. The summed E-state index contributed by atoms with van der Waals surface area (Å²) in [5.41, 5.74) is 0.746. The zero-order chi connectivity index (χ0) is 27.8. The van der Waals surface area contributed by atoms with Gasteiger partial charge in [-0.1, -0.05) is 32.9 Å². The largest absolute Gasteiger partial charge is 0.497 e.